The molecule has 0 aromatic rings. The van der Waals surface area contributed by atoms with E-state index in [0.717, 1.165) is 25.6 Å². The molecule has 4 fully saturated rings. The van der Waals surface area contributed by atoms with E-state index in [1.165, 1.54) is 71.7 Å². The Morgan fingerprint density at radius 2 is 1.04 bits per heavy atom. The lowest BCUT2D eigenvalue weighted by molar-refractivity contribution is -0.143. The van der Waals surface area contributed by atoms with Crippen LogP contribution in [0, 0.1) is 16.7 Å². The van der Waals surface area contributed by atoms with E-state index in [4.69, 9.17) is 0 Å². The lowest BCUT2D eigenvalue weighted by Crippen LogP contribution is -2.59. The van der Waals surface area contributed by atoms with Gasteiger partial charge >= 0.3 is 0 Å². The summed E-state index contributed by atoms with van der Waals surface area (Å²) in [5, 5.41) is 0. The summed E-state index contributed by atoms with van der Waals surface area (Å²) in [6, 6.07) is 0.744. The van der Waals surface area contributed by atoms with Gasteiger partial charge in [0.1, 0.15) is 0 Å². The van der Waals surface area contributed by atoms with E-state index < -0.39 is 0 Å². The fraction of sp³-hybridized carbons (Fsp3) is 0.978. The van der Waals surface area contributed by atoms with Gasteiger partial charge in [0, 0.05) is 95.2 Å². The average molecular weight is 752 g/mol. The van der Waals surface area contributed by atoms with Gasteiger partial charge in [-0.3, -0.25) is 24.4 Å². The Hall–Kier alpha value is -0.770. The molecule has 8 nitrogen and oxygen atoms in total. The molecule has 0 bridgehead atoms. The molecule has 0 aromatic heterocycles. The van der Waals surface area contributed by atoms with Crippen molar-refractivity contribution < 1.29 is 4.79 Å². The van der Waals surface area contributed by atoms with Gasteiger partial charge in [-0.05, 0) is 133 Å². The quantitative estimate of drug-likeness (QED) is 0.288. The Morgan fingerprint density at radius 3 is 1.26 bits per heavy atom. The number of carbonyl (C=O) groups is 1. The Bertz CT molecular complexity index is 975. The van der Waals surface area contributed by atoms with Crippen LogP contribution in [0.3, 0.4) is 0 Å². The number of piperazine rings is 3. The number of hydrogen-bond acceptors (Lipinski definition) is 7. The molecule has 0 spiro atoms. The number of amides is 1. The number of likely N-dealkylation sites (N-methyl/N-ethyl adjacent to an activating group) is 3. The first-order valence-corrected chi connectivity index (χ1v) is 21.5. The molecule has 4 rings (SSSR count). The minimum atomic E-state index is 0.0283. The summed E-state index contributed by atoms with van der Waals surface area (Å²) in [4.78, 5) is 28.4. The first-order chi connectivity index (χ1) is 23.9. The molecule has 1 atom stereocenters. The van der Waals surface area contributed by atoms with Gasteiger partial charge in [0.15, 0.2) is 0 Å². The summed E-state index contributed by atoms with van der Waals surface area (Å²) in [6.45, 7) is 56.8. The highest BCUT2D eigenvalue weighted by molar-refractivity contribution is 5.83. The molecule has 3 heterocycles. The minimum Gasteiger partial charge on any atom is -0.343 e. The van der Waals surface area contributed by atoms with Crippen LogP contribution < -0.4 is 0 Å². The maximum atomic E-state index is 11.9. The molecule has 1 aliphatic carbocycles. The molecule has 318 valence electrons. The smallest absolute Gasteiger partial charge is 0.240 e. The number of carbonyl (C=O) groups excluding carboxylic acids is 1. The normalized spacial score (nSPS) is 22.2. The Balaban J connectivity index is 0.000000650. The maximum absolute atomic E-state index is 11.9. The van der Waals surface area contributed by atoms with Gasteiger partial charge < -0.3 is 14.7 Å². The van der Waals surface area contributed by atoms with Crippen LogP contribution in [-0.2, 0) is 4.79 Å². The van der Waals surface area contributed by atoms with Crippen LogP contribution in [0.5, 0.6) is 0 Å². The summed E-state index contributed by atoms with van der Waals surface area (Å²) in [7, 11) is 6.05. The van der Waals surface area contributed by atoms with Gasteiger partial charge in [-0.15, -0.1) is 0 Å². The summed E-state index contributed by atoms with van der Waals surface area (Å²) in [5.41, 5.74) is 1.69. The van der Waals surface area contributed by atoms with Crippen LogP contribution in [0.15, 0.2) is 0 Å². The van der Waals surface area contributed by atoms with Crippen LogP contribution in [0.1, 0.15) is 144 Å². The molecule has 1 unspecified atom stereocenters. The monoisotopic (exact) mass is 752 g/mol. The zero-order chi connectivity index (χ0) is 41.8. The number of nitrogens with zero attached hydrogens (tertiary/aromatic N) is 7. The molecule has 1 saturated carbocycles. The zero-order valence-corrected chi connectivity index (χ0v) is 40.2. The molecule has 53 heavy (non-hydrogen) atoms. The fourth-order valence-corrected chi connectivity index (χ4v) is 7.04. The van der Waals surface area contributed by atoms with E-state index in [9.17, 15) is 4.79 Å². The molecule has 3 saturated heterocycles. The van der Waals surface area contributed by atoms with Crippen LogP contribution in [0.4, 0.5) is 0 Å². The molecule has 3 aliphatic heterocycles. The molecule has 8 heteroatoms. The highest BCUT2D eigenvalue weighted by Gasteiger charge is 2.39. The van der Waals surface area contributed by atoms with Crippen molar-refractivity contribution in [2.45, 2.75) is 173 Å². The molecular weight excluding hydrogens is 655 g/mol. The van der Waals surface area contributed by atoms with Crippen molar-refractivity contribution in [3.8, 4) is 0 Å². The highest BCUT2D eigenvalue weighted by atomic mass is 16.2. The number of rotatable bonds is 3. The molecule has 0 N–H and O–H groups in total. The van der Waals surface area contributed by atoms with Gasteiger partial charge in [-0.1, -0.05) is 55.4 Å². The van der Waals surface area contributed by atoms with Crippen LogP contribution in [0.25, 0.3) is 0 Å². The third kappa shape index (κ3) is 20.8. The van der Waals surface area contributed by atoms with Crippen molar-refractivity contribution in [2.24, 2.45) is 16.7 Å². The van der Waals surface area contributed by atoms with Crippen LogP contribution in [0.2, 0.25) is 0 Å². The Kier molecular flexibility index (Phi) is 21.9. The van der Waals surface area contributed by atoms with Gasteiger partial charge in [0.2, 0.25) is 5.91 Å². The SMILES string of the molecule is CC(C)(C)C1CC1.CC(C)N1CCN(C(C)(C)C)CC1.CCN(C)C(C)(C)C.CCN1CCN(C(C)(C)C)CC1.CN1CCN(C)C(C(C)(C)C)C1=O. The topological polar surface area (TPSA) is 39.8 Å². The standard InChI is InChI=1S/C11H24N2.C10H20N2O.C10H22N2.C7H17N.C7H14/c1-10(2)12-6-8-13(9-7-12)11(3,4)5;1-10(2,3)8-9(13)12(5)7-6-11(8)4;1-5-11-6-8-12(9-7-11)10(2,3)4;1-6-8(5)7(2,3)4;1-7(2,3)6-4-5-6/h10H,6-9H2,1-5H3;8H,6-7H2,1-5H3;5-9H2,1-4H3;6H2,1-5H3;6H,4-5H2,1-3H3. The van der Waals surface area contributed by atoms with E-state index in [0.29, 0.717) is 28.1 Å². The molecule has 1 amide bonds. The molecule has 0 aromatic carbocycles. The van der Waals surface area contributed by atoms with E-state index in [1.807, 2.05) is 19.0 Å². The number of hydrogen-bond donors (Lipinski definition) is 0. The zero-order valence-electron chi connectivity index (χ0n) is 40.2. The maximum Gasteiger partial charge on any atom is 0.240 e. The predicted molar refractivity (Wildman–Crippen MR) is 235 cm³/mol. The first kappa shape index (κ1) is 52.2. The van der Waals surface area contributed by atoms with E-state index in [-0.39, 0.29) is 17.4 Å². The fourth-order valence-electron chi connectivity index (χ4n) is 7.04. The van der Waals surface area contributed by atoms with E-state index >= 15 is 0 Å². The lowest BCUT2D eigenvalue weighted by atomic mass is 9.84. The summed E-state index contributed by atoms with van der Waals surface area (Å²) in [6.07, 6.45) is 2.95. The van der Waals surface area contributed by atoms with Crippen molar-refractivity contribution in [3.05, 3.63) is 0 Å². The molecule has 4 aliphatic rings. The van der Waals surface area contributed by atoms with Crippen molar-refractivity contribution in [1.29, 1.82) is 0 Å². The van der Waals surface area contributed by atoms with Crippen molar-refractivity contribution >= 4 is 5.91 Å². The van der Waals surface area contributed by atoms with Crippen LogP contribution in [-0.4, -0.2) is 169 Å². The first-order valence-electron chi connectivity index (χ1n) is 21.5. The van der Waals surface area contributed by atoms with Crippen molar-refractivity contribution in [3.63, 3.8) is 0 Å². The summed E-state index contributed by atoms with van der Waals surface area (Å²) >= 11 is 0. The second-order valence-electron chi connectivity index (χ2n) is 21.7. The summed E-state index contributed by atoms with van der Waals surface area (Å²) in [5.74, 6) is 1.30. The van der Waals surface area contributed by atoms with E-state index in [2.05, 4.69) is 168 Å². The molecule has 0 radical (unpaired) electrons. The molecular formula is C45H97N7O. The Labute approximate surface area is 333 Å². The van der Waals surface area contributed by atoms with Crippen molar-refractivity contribution in [1.82, 2.24) is 34.3 Å². The van der Waals surface area contributed by atoms with Gasteiger partial charge in [-0.25, -0.2) is 0 Å². The largest absolute Gasteiger partial charge is 0.343 e. The van der Waals surface area contributed by atoms with E-state index in [1.54, 1.807) is 0 Å². The lowest BCUT2D eigenvalue weighted by Gasteiger charge is -2.43. The minimum absolute atomic E-state index is 0.0283. The average Bonchev–Trinajstić information content (AvgIpc) is 3.89. The van der Waals surface area contributed by atoms with Gasteiger partial charge in [0.05, 0.1) is 6.04 Å². The Morgan fingerprint density at radius 1 is 0.623 bits per heavy atom. The second-order valence-corrected chi connectivity index (χ2v) is 21.7. The highest BCUT2D eigenvalue weighted by Crippen LogP contribution is 2.44. The third-order valence-electron chi connectivity index (χ3n) is 11.8. The predicted octanol–water partition coefficient (Wildman–Crippen LogP) is 8.22. The van der Waals surface area contributed by atoms with Gasteiger partial charge in [-0.2, -0.15) is 0 Å². The summed E-state index contributed by atoms with van der Waals surface area (Å²) < 4.78 is 0. The van der Waals surface area contributed by atoms with Crippen molar-refractivity contribution in [2.75, 3.05) is 99.7 Å². The van der Waals surface area contributed by atoms with Crippen LogP contribution >= 0.6 is 0 Å². The second kappa shape index (κ2) is 22.2. The van der Waals surface area contributed by atoms with Gasteiger partial charge in [0.25, 0.3) is 0 Å². The third-order valence-corrected chi connectivity index (χ3v) is 11.8.